The molecule has 1 aliphatic heterocycles. The Morgan fingerprint density at radius 2 is 2.36 bits per heavy atom. The number of benzene rings is 1. The van der Waals surface area contributed by atoms with Gasteiger partial charge in [-0.05, 0) is 19.1 Å². The molecule has 1 heterocycles. The number of fused-ring (bicyclic) bond motifs is 1. The highest BCUT2D eigenvalue weighted by Crippen LogP contribution is 2.45. The molecule has 0 saturated heterocycles. The molecule has 0 saturated carbocycles. The first-order valence-electron chi connectivity index (χ1n) is 4.79. The standard InChI is InChI=1S/C11H15NOS/c1-7(12)8-6-14-10-5-3-4-9(13-2)11(8)10/h3-5,7-8H,6,12H2,1-2H3. The maximum absolute atomic E-state index is 5.97. The first-order valence-corrected chi connectivity index (χ1v) is 5.78. The second kappa shape index (κ2) is 3.83. The van der Waals surface area contributed by atoms with Crippen molar-refractivity contribution in [3.05, 3.63) is 23.8 Å². The highest BCUT2D eigenvalue weighted by atomic mass is 32.2. The van der Waals surface area contributed by atoms with Crippen LogP contribution >= 0.6 is 11.8 Å². The highest BCUT2D eigenvalue weighted by molar-refractivity contribution is 7.99. The lowest BCUT2D eigenvalue weighted by molar-refractivity contribution is 0.403. The van der Waals surface area contributed by atoms with E-state index in [1.165, 1.54) is 10.5 Å². The molecule has 14 heavy (non-hydrogen) atoms. The summed E-state index contributed by atoms with van der Waals surface area (Å²) in [5.41, 5.74) is 7.27. The summed E-state index contributed by atoms with van der Waals surface area (Å²) in [4.78, 5) is 1.33. The van der Waals surface area contributed by atoms with E-state index in [2.05, 4.69) is 13.0 Å². The van der Waals surface area contributed by atoms with E-state index in [1.807, 2.05) is 23.9 Å². The van der Waals surface area contributed by atoms with E-state index in [-0.39, 0.29) is 6.04 Å². The third-order valence-electron chi connectivity index (χ3n) is 2.67. The monoisotopic (exact) mass is 209 g/mol. The maximum Gasteiger partial charge on any atom is 0.123 e. The fraction of sp³-hybridized carbons (Fsp3) is 0.455. The smallest absolute Gasteiger partial charge is 0.123 e. The maximum atomic E-state index is 5.97. The van der Waals surface area contributed by atoms with Gasteiger partial charge in [0, 0.05) is 28.2 Å². The largest absolute Gasteiger partial charge is 0.496 e. The quantitative estimate of drug-likeness (QED) is 0.811. The van der Waals surface area contributed by atoms with Crippen molar-refractivity contribution in [2.24, 2.45) is 5.73 Å². The van der Waals surface area contributed by atoms with Crippen molar-refractivity contribution in [3.8, 4) is 5.75 Å². The molecule has 2 unspecified atom stereocenters. The molecule has 0 aliphatic carbocycles. The van der Waals surface area contributed by atoms with Crippen molar-refractivity contribution in [2.75, 3.05) is 12.9 Å². The lowest BCUT2D eigenvalue weighted by Gasteiger charge is -2.17. The number of nitrogens with two attached hydrogens (primary N) is 1. The zero-order valence-corrected chi connectivity index (χ0v) is 9.30. The van der Waals surface area contributed by atoms with Crippen molar-refractivity contribution in [1.82, 2.24) is 0 Å². The van der Waals surface area contributed by atoms with Gasteiger partial charge in [0.05, 0.1) is 7.11 Å². The molecular weight excluding hydrogens is 194 g/mol. The molecule has 0 radical (unpaired) electrons. The molecule has 1 aromatic rings. The fourth-order valence-electron chi connectivity index (χ4n) is 1.87. The Morgan fingerprint density at radius 1 is 1.57 bits per heavy atom. The summed E-state index contributed by atoms with van der Waals surface area (Å²) in [6, 6.07) is 6.39. The summed E-state index contributed by atoms with van der Waals surface area (Å²) in [7, 11) is 1.72. The average Bonchev–Trinajstić information content (AvgIpc) is 2.60. The fourth-order valence-corrected chi connectivity index (χ4v) is 3.28. The zero-order chi connectivity index (χ0) is 10.1. The zero-order valence-electron chi connectivity index (χ0n) is 8.49. The average molecular weight is 209 g/mol. The van der Waals surface area contributed by atoms with Crippen LogP contribution in [0.25, 0.3) is 0 Å². The summed E-state index contributed by atoms with van der Waals surface area (Å²) in [6.07, 6.45) is 0. The summed E-state index contributed by atoms with van der Waals surface area (Å²) >= 11 is 1.87. The van der Waals surface area contributed by atoms with E-state index >= 15 is 0 Å². The first kappa shape index (κ1) is 9.87. The lowest BCUT2D eigenvalue weighted by atomic mass is 9.94. The van der Waals surface area contributed by atoms with Crippen molar-refractivity contribution in [2.45, 2.75) is 23.8 Å². The second-order valence-corrected chi connectivity index (χ2v) is 4.71. The number of hydrogen-bond donors (Lipinski definition) is 1. The van der Waals surface area contributed by atoms with Gasteiger partial charge in [-0.15, -0.1) is 11.8 Å². The predicted octanol–water partition coefficient (Wildman–Crippen LogP) is 2.23. The molecule has 1 aliphatic rings. The predicted molar refractivity (Wildman–Crippen MR) is 60.1 cm³/mol. The Hall–Kier alpha value is -0.670. The Morgan fingerprint density at radius 3 is 3.00 bits per heavy atom. The Bertz CT molecular complexity index is 338. The number of thioether (sulfide) groups is 1. The van der Waals surface area contributed by atoms with E-state index in [1.54, 1.807) is 7.11 Å². The Labute approximate surface area is 88.8 Å². The third kappa shape index (κ3) is 1.51. The lowest BCUT2D eigenvalue weighted by Crippen LogP contribution is -2.24. The molecule has 0 fully saturated rings. The van der Waals surface area contributed by atoms with Crippen LogP contribution in [-0.2, 0) is 0 Å². The SMILES string of the molecule is COc1cccc2c1C(C(C)N)CS2. The molecule has 0 aromatic heterocycles. The van der Waals surface area contributed by atoms with Gasteiger partial charge in [0.25, 0.3) is 0 Å². The van der Waals surface area contributed by atoms with Crippen LogP contribution in [-0.4, -0.2) is 18.9 Å². The van der Waals surface area contributed by atoms with Gasteiger partial charge in [0.15, 0.2) is 0 Å². The molecule has 2 nitrogen and oxygen atoms in total. The van der Waals surface area contributed by atoms with Crippen LogP contribution in [0.15, 0.2) is 23.1 Å². The van der Waals surface area contributed by atoms with Crippen LogP contribution in [0.2, 0.25) is 0 Å². The molecule has 2 rings (SSSR count). The minimum Gasteiger partial charge on any atom is -0.496 e. The van der Waals surface area contributed by atoms with Crippen LogP contribution in [0.4, 0.5) is 0 Å². The number of hydrogen-bond acceptors (Lipinski definition) is 3. The van der Waals surface area contributed by atoms with E-state index < -0.39 is 0 Å². The number of rotatable bonds is 2. The van der Waals surface area contributed by atoms with Gasteiger partial charge in [-0.25, -0.2) is 0 Å². The van der Waals surface area contributed by atoms with E-state index in [0.717, 1.165) is 11.5 Å². The topological polar surface area (TPSA) is 35.2 Å². The highest BCUT2D eigenvalue weighted by Gasteiger charge is 2.29. The summed E-state index contributed by atoms with van der Waals surface area (Å²) < 4.78 is 5.37. The molecular formula is C11H15NOS. The van der Waals surface area contributed by atoms with E-state index in [0.29, 0.717) is 5.92 Å². The van der Waals surface area contributed by atoms with Crippen molar-refractivity contribution in [3.63, 3.8) is 0 Å². The van der Waals surface area contributed by atoms with Gasteiger partial charge >= 0.3 is 0 Å². The van der Waals surface area contributed by atoms with Crippen molar-refractivity contribution >= 4 is 11.8 Å². The molecule has 2 atom stereocenters. The number of ether oxygens (including phenoxy) is 1. The normalized spacial score (nSPS) is 21.8. The molecule has 76 valence electrons. The third-order valence-corrected chi connectivity index (χ3v) is 3.86. The van der Waals surface area contributed by atoms with Crippen LogP contribution < -0.4 is 10.5 Å². The first-order chi connectivity index (χ1) is 6.74. The van der Waals surface area contributed by atoms with Crippen molar-refractivity contribution < 1.29 is 4.74 Å². The van der Waals surface area contributed by atoms with Gasteiger partial charge in [-0.3, -0.25) is 0 Å². The molecule has 2 N–H and O–H groups in total. The van der Waals surface area contributed by atoms with Gasteiger partial charge in [-0.1, -0.05) is 6.07 Å². The minimum atomic E-state index is 0.194. The molecule has 0 spiro atoms. The summed E-state index contributed by atoms with van der Waals surface area (Å²) in [5.74, 6) is 2.49. The second-order valence-electron chi connectivity index (χ2n) is 3.65. The van der Waals surface area contributed by atoms with Gasteiger partial charge in [-0.2, -0.15) is 0 Å². The van der Waals surface area contributed by atoms with Gasteiger partial charge in [0.1, 0.15) is 5.75 Å². The minimum absolute atomic E-state index is 0.194. The Balaban J connectivity index is 2.45. The van der Waals surface area contributed by atoms with Gasteiger partial charge in [0.2, 0.25) is 0 Å². The molecule has 3 heteroatoms. The van der Waals surface area contributed by atoms with E-state index in [4.69, 9.17) is 10.5 Å². The van der Waals surface area contributed by atoms with Crippen LogP contribution in [0, 0.1) is 0 Å². The van der Waals surface area contributed by atoms with Crippen LogP contribution in [0.5, 0.6) is 5.75 Å². The molecule has 0 bridgehead atoms. The summed E-state index contributed by atoms with van der Waals surface area (Å²) in [5, 5.41) is 0. The number of methoxy groups -OCH3 is 1. The molecule has 1 aromatic carbocycles. The molecule has 0 amide bonds. The van der Waals surface area contributed by atoms with Crippen LogP contribution in [0.1, 0.15) is 18.4 Å². The van der Waals surface area contributed by atoms with Crippen LogP contribution in [0.3, 0.4) is 0 Å². The van der Waals surface area contributed by atoms with E-state index in [9.17, 15) is 0 Å². The van der Waals surface area contributed by atoms with Gasteiger partial charge < -0.3 is 10.5 Å². The summed E-state index contributed by atoms with van der Waals surface area (Å²) in [6.45, 7) is 2.06. The Kier molecular flexibility index (Phi) is 2.70. The van der Waals surface area contributed by atoms with Crippen molar-refractivity contribution in [1.29, 1.82) is 0 Å².